The van der Waals surface area contributed by atoms with Gasteiger partial charge < -0.3 is 25.8 Å². The molecule has 0 fully saturated rings. The summed E-state index contributed by atoms with van der Waals surface area (Å²) in [5.74, 6) is -0.379. The number of carbonyl (C=O) groups excluding carboxylic acids is 2. The predicted octanol–water partition coefficient (Wildman–Crippen LogP) is -1.07. The highest BCUT2D eigenvalue weighted by Crippen LogP contribution is 1.99. The number of nitrogens with zero attached hydrogens (tertiary/aromatic N) is 2. The van der Waals surface area contributed by atoms with Gasteiger partial charge in [0.05, 0.1) is 24.7 Å². The number of hydrogen-bond donors (Lipinski definition) is 4. The Morgan fingerprint density at radius 1 is 1.25 bits per heavy atom. The highest BCUT2D eigenvalue weighted by atomic mass is 16.2. The smallest absolute Gasteiger partial charge is 0.237 e. The van der Waals surface area contributed by atoms with E-state index in [4.69, 9.17) is 5.73 Å². The molecule has 106 valence electrons. The molecule has 2 rings (SSSR count). The van der Waals surface area contributed by atoms with E-state index in [0.29, 0.717) is 19.1 Å². The van der Waals surface area contributed by atoms with Crippen LogP contribution in [0.15, 0.2) is 25.0 Å². The number of hydrogen-bond acceptors (Lipinski definition) is 5. The van der Waals surface area contributed by atoms with Gasteiger partial charge in [-0.25, -0.2) is 9.97 Å². The SMILES string of the molecule is N[C@H](Cc1cnc[nH]1)C(=O)N[C@@H](C=O)Cc1cnc[nH]1. The third-order valence-electron chi connectivity index (χ3n) is 2.82. The van der Waals surface area contributed by atoms with E-state index in [-0.39, 0.29) is 5.91 Å². The summed E-state index contributed by atoms with van der Waals surface area (Å²) in [4.78, 5) is 36.4. The van der Waals surface area contributed by atoms with Crippen LogP contribution in [0.25, 0.3) is 0 Å². The number of nitrogens with two attached hydrogens (primary N) is 1. The largest absolute Gasteiger partial charge is 0.348 e. The van der Waals surface area contributed by atoms with Gasteiger partial charge in [-0.2, -0.15) is 0 Å². The van der Waals surface area contributed by atoms with Gasteiger partial charge in [-0.15, -0.1) is 0 Å². The molecule has 0 aromatic carbocycles. The van der Waals surface area contributed by atoms with Gasteiger partial charge in [0.2, 0.25) is 5.91 Å². The van der Waals surface area contributed by atoms with E-state index >= 15 is 0 Å². The highest BCUT2D eigenvalue weighted by Gasteiger charge is 2.19. The summed E-state index contributed by atoms with van der Waals surface area (Å²) < 4.78 is 0. The molecule has 0 aliphatic heterocycles. The molecule has 0 spiro atoms. The molecule has 0 saturated carbocycles. The van der Waals surface area contributed by atoms with Gasteiger partial charge in [0.25, 0.3) is 0 Å². The number of nitrogens with one attached hydrogen (secondary N) is 3. The summed E-state index contributed by atoms with van der Waals surface area (Å²) in [7, 11) is 0. The molecule has 1 amide bonds. The molecule has 8 heteroatoms. The fraction of sp³-hybridized carbons (Fsp3) is 0.333. The Labute approximate surface area is 115 Å². The zero-order chi connectivity index (χ0) is 14.4. The molecule has 0 aliphatic carbocycles. The van der Waals surface area contributed by atoms with Crippen LogP contribution in [0.4, 0.5) is 0 Å². The molecular weight excluding hydrogens is 260 g/mol. The van der Waals surface area contributed by atoms with Crippen LogP contribution in [0.3, 0.4) is 0 Å². The van der Waals surface area contributed by atoms with Crippen LogP contribution in [0, 0.1) is 0 Å². The third-order valence-corrected chi connectivity index (χ3v) is 2.82. The Hall–Kier alpha value is -2.48. The lowest BCUT2D eigenvalue weighted by Gasteiger charge is -2.15. The molecule has 8 nitrogen and oxygen atoms in total. The van der Waals surface area contributed by atoms with Gasteiger partial charge in [0, 0.05) is 36.6 Å². The number of H-pyrrole nitrogens is 2. The van der Waals surface area contributed by atoms with Gasteiger partial charge >= 0.3 is 0 Å². The summed E-state index contributed by atoms with van der Waals surface area (Å²) in [5.41, 5.74) is 7.32. The van der Waals surface area contributed by atoms with Gasteiger partial charge in [0.1, 0.15) is 6.29 Å². The minimum Gasteiger partial charge on any atom is -0.348 e. The molecule has 0 aliphatic rings. The number of aldehydes is 1. The maximum absolute atomic E-state index is 11.9. The maximum Gasteiger partial charge on any atom is 0.237 e. The summed E-state index contributed by atoms with van der Waals surface area (Å²) >= 11 is 0. The Morgan fingerprint density at radius 2 is 1.85 bits per heavy atom. The van der Waals surface area contributed by atoms with E-state index in [9.17, 15) is 9.59 Å². The normalized spacial score (nSPS) is 13.7. The number of aromatic amines is 2. The Kier molecular flexibility index (Phi) is 4.61. The number of amides is 1. The Bertz CT molecular complexity index is 536. The molecule has 0 saturated heterocycles. The number of rotatable bonds is 7. The summed E-state index contributed by atoms with van der Waals surface area (Å²) in [6.07, 6.45) is 7.62. The topological polar surface area (TPSA) is 130 Å². The highest BCUT2D eigenvalue weighted by molar-refractivity contribution is 5.84. The van der Waals surface area contributed by atoms with Crippen molar-refractivity contribution >= 4 is 12.2 Å². The fourth-order valence-corrected chi connectivity index (χ4v) is 1.78. The van der Waals surface area contributed by atoms with Crippen LogP contribution in [-0.4, -0.2) is 44.2 Å². The molecular formula is C12H16N6O2. The predicted molar refractivity (Wildman–Crippen MR) is 70.6 cm³/mol. The van der Waals surface area contributed by atoms with Gasteiger partial charge in [-0.3, -0.25) is 4.79 Å². The minimum atomic E-state index is -0.736. The van der Waals surface area contributed by atoms with Crippen molar-refractivity contribution in [1.29, 1.82) is 0 Å². The van der Waals surface area contributed by atoms with E-state index in [1.807, 2.05) is 0 Å². The lowest BCUT2D eigenvalue weighted by Crippen LogP contribution is -2.47. The van der Waals surface area contributed by atoms with E-state index < -0.39 is 12.1 Å². The molecule has 0 unspecified atom stereocenters. The first-order valence-electron chi connectivity index (χ1n) is 6.14. The van der Waals surface area contributed by atoms with Crippen LogP contribution in [-0.2, 0) is 22.4 Å². The van der Waals surface area contributed by atoms with Crippen molar-refractivity contribution in [2.45, 2.75) is 24.9 Å². The van der Waals surface area contributed by atoms with E-state index in [1.54, 1.807) is 12.4 Å². The second kappa shape index (κ2) is 6.62. The van der Waals surface area contributed by atoms with Crippen LogP contribution >= 0.6 is 0 Å². The summed E-state index contributed by atoms with van der Waals surface area (Å²) in [5, 5.41) is 2.60. The lowest BCUT2D eigenvalue weighted by atomic mass is 10.1. The summed E-state index contributed by atoms with van der Waals surface area (Å²) in [6, 6.07) is -1.37. The Balaban J connectivity index is 1.86. The van der Waals surface area contributed by atoms with Crippen molar-refractivity contribution in [3.05, 3.63) is 36.4 Å². The molecule has 2 atom stereocenters. The van der Waals surface area contributed by atoms with Crippen molar-refractivity contribution in [2.24, 2.45) is 5.73 Å². The first kappa shape index (κ1) is 13.9. The Morgan fingerprint density at radius 3 is 2.35 bits per heavy atom. The standard InChI is InChI=1S/C12H16N6O2/c13-11(2-9-4-15-7-17-9)12(20)18-10(5-19)1-8-3-14-6-16-8/h3-7,10-11H,1-2,13H2,(H,14,16)(H,15,17)(H,18,20)/t10-,11-/m1/s1. The van der Waals surface area contributed by atoms with Crippen molar-refractivity contribution in [3.8, 4) is 0 Å². The third kappa shape index (κ3) is 3.75. The molecule has 2 aromatic rings. The maximum atomic E-state index is 11.9. The summed E-state index contributed by atoms with van der Waals surface area (Å²) in [6.45, 7) is 0. The van der Waals surface area contributed by atoms with Crippen molar-refractivity contribution in [3.63, 3.8) is 0 Å². The van der Waals surface area contributed by atoms with E-state index in [0.717, 1.165) is 11.4 Å². The molecule has 0 bridgehead atoms. The van der Waals surface area contributed by atoms with Crippen LogP contribution < -0.4 is 11.1 Å². The minimum absolute atomic E-state index is 0.335. The van der Waals surface area contributed by atoms with Crippen LogP contribution in [0.5, 0.6) is 0 Å². The van der Waals surface area contributed by atoms with E-state index in [1.165, 1.54) is 12.7 Å². The quantitative estimate of drug-likeness (QED) is 0.478. The average Bonchev–Trinajstić information content (AvgIpc) is 3.11. The average molecular weight is 276 g/mol. The lowest BCUT2D eigenvalue weighted by molar-refractivity contribution is -0.125. The van der Waals surface area contributed by atoms with Gasteiger partial charge in [0.15, 0.2) is 0 Å². The first-order valence-corrected chi connectivity index (χ1v) is 6.14. The second-order valence-electron chi connectivity index (χ2n) is 4.42. The van der Waals surface area contributed by atoms with Crippen molar-refractivity contribution in [2.75, 3.05) is 0 Å². The fourth-order valence-electron chi connectivity index (χ4n) is 1.78. The van der Waals surface area contributed by atoms with Crippen molar-refractivity contribution < 1.29 is 9.59 Å². The second-order valence-corrected chi connectivity index (χ2v) is 4.42. The monoisotopic (exact) mass is 276 g/mol. The number of imidazole rings is 2. The van der Waals surface area contributed by atoms with Gasteiger partial charge in [-0.05, 0) is 0 Å². The van der Waals surface area contributed by atoms with Crippen LogP contribution in [0.2, 0.25) is 0 Å². The zero-order valence-electron chi connectivity index (χ0n) is 10.7. The van der Waals surface area contributed by atoms with Gasteiger partial charge in [-0.1, -0.05) is 0 Å². The zero-order valence-corrected chi connectivity index (χ0v) is 10.7. The molecule has 0 radical (unpaired) electrons. The van der Waals surface area contributed by atoms with E-state index in [2.05, 4.69) is 25.3 Å². The first-order chi connectivity index (χ1) is 9.69. The molecule has 2 heterocycles. The molecule has 20 heavy (non-hydrogen) atoms. The van der Waals surface area contributed by atoms with Crippen molar-refractivity contribution in [1.82, 2.24) is 25.3 Å². The number of aromatic nitrogens is 4. The molecule has 2 aromatic heterocycles. The molecule has 5 N–H and O–H groups in total. The van der Waals surface area contributed by atoms with Crippen LogP contribution in [0.1, 0.15) is 11.4 Å². The number of carbonyl (C=O) groups is 2.